The number of nitrogens with one attached hydrogen (secondary N) is 1. The molecule has 0 fully saturated rings. The summed E-state index contributed by atoms with van der Waals surface area (Å²) in [6.45, 7) is 0.637. The van der Waals surface area contributed by atoms with Crippen molar-refractivity contribution >= 4 is 11.6 Å². The second-order valence-electron chi connectivity index (χ2n) is 7.40. The lowest BCUT2D eigenvalue weighted by Crippen LogP contribution is -2.12. The summed E-state index contributed by atoms with van der Waals surface area (Å²) in [5.74, 6) is -0.231. The summed E-state index contributed by atoms with van der Waals surface area (Å²) >= 11 is 0. The van der Waals surface area contributed by atoms with Gasteiger partial charge < -0.3 is 5.32 Å². The molecule has 2 heterocycles. The molecule has 156 valence electrons. The Labute approximate surface area is 185 Å². The molecule has 0 saturated heterocycles. The molecule has 0 unspecified atom stereocenters. The minimum atomic E-state index is -0.231. The molecule has 0 aliphatic heterocycles. The maximum atomic E-state index is 13.2. The molecule has 6 nitrogen and oxygen atoms in total. The van der Waals surface area contributed by atoms with Gasteiger partial charge in [-0.05, 0) is 17.7 Å². The first-order valence-corrected chi connectivity index (χ1v) is 10.3. The number of anilines is 1. The highest BCUT2D eigenvalue weighted by Crippen LogP contribution is 2.24. The topological polar surface area (TPSA) is 64.7 Å². The highest BCUT2D eigenvalue weighted by molar-refractivity contribution is 6.08. The normalized spacial score (nSPS) is 10.8. The van der Waals surface area contributed by atoms with Crippen LogP contribution in [-0.4, -0.2) is 25.5 Å². The Bertz CT molecular complexity index is 1320. The molecule has 0 saturated carbocycles. The van der Waals surface area contributed by atoms with E-state index in [1.165, 1.54) is 0 Å². The van der Waals surface area contributed by atoms with Crippen LogP contribution in [0.5, 0.6) is 0 Å². The lowest BCUT2D eigenvalue weighted by atomic mass is 10.1. The zero-order valence-corrected chi connectivity index (χ0v) is 17.3. The molecule has 1 N–H and O–H groups in total. The van der Waals surface area contributed by atoms with Gasteiger partial charge in [0.05, 0.1) is 29.7 Å². The van der Waals surface area contributed by atoms with Gasteiger partial charge >= 0.3 is 0 Å². The van der Waals surface area contributed by atoms with Crippen LogP contribution in [0.4, 0.5) is 5.69 Å². The smallest absolute Gasteiger partial charge is 0.259 e. The van der Waals surface area contributed by atoms with Gasteiger partial charge in [0, 0.05) is 18.0 Å². The summed E-state index contributed by atoms with van der Waals surface area (Å²) in [6.07, 6.45) is 5.25. The third-order valence-electron chi connectivity index (χ3n) is 5.11. The van der Waals surface area contributed by atoms with Crippen LogP contribution in [-0.2, 0) is 6.54 Å². The fourth-order valence-corrected chi connectivity index (χ4v) is 3.55. The van der Waals surface area contributed by atoms with Crippen LogP contribution < -0.4 is 5.32 Å². The van der Waals surface area contributed by atoms with E-state index in [4.69, 9.17) is 5.10 Å². The molecule has 32 heavy (non-hydrogen) atoms. The van der Waals surface area contributed by atoms with Crippen LogP contribution >= 0.6 is 0 Å². The molecule has 2 aromatic heterocycles. The second-order valence-corrected chi connectivity index (χ2v) is 7.40. The van der Waals surface area contributed by atoms with E-state index in [2.05, 4.69) is 10.4 Å². The van der Waals surface area contributed by atoms with E-state index in [0.717, 1.165) is 16.8 Å². The Kier molecular flexibility index (Phi) is 5.32. The number of rotatable bonds is 6. The second kappa shape index (κ2) is 8.73. The Balaban J connectivity index is 1.42. The van der Waals surface area contributed by atoms with E-state index in [0.29, 0.717) is 23.5 Å². The van der Waals surface area contributed by atoms with Gasteiger partial charge in [-0.3, -0.25) is 9.48 Å². The third-order valence-corrected chi connectivity index (χ3v) is 5.11. The van der Waals surface area contributed by atoms with Gasteiger partial charge in [-0.2, -0.15) is 10.2 Å². The van der Waals surface area contributed by atoms with Gasteiger partial charge in [0.25, 0.3) is 5.91 Å². The summed E-state index contributed by atoms with van der Waals surface area (Å²) in [4.78, 5) is 13.2. The van der Waals surface area contributed by atoms with Crippen LogP contribution in [0.25, 0.3) is 16.9 Å². The van der Waals surface area contributed by atoms with Crippen LogP contribution in [0.15, 0.2) is 110 Å². The van der Waals surface area contributed by atoms with E-state index in [-0.39, 0.29) is 5.91 Å². The van der Waals surface area contributed by atoms with Crippen LogP contribution in [0.3, 0.4) is 0 Å². The minimum Gasteiger partial charge on any atom is -0.319 e. The maximum absolute atomic E-state index is 13.2. The molecule has 0 bridgehead atoms. The van der Waals surface area contributed by atoms with E-state index in [9.17, 15) is 4.79 Å². The summed E-state index contributed by atoms with van der Waals surface area (Å²) in [5, 5.41) is 12.0. The van der Waals surface area contributed by atoms with Gasteiger partial charge in [0.15, 0.2) is 0 Å². The fourth-order valence-electron chi connectivity index (χ4n) is 3.55. The highest BCUT2D eigenvalue weighted by atomic mass is 16.1. The van der Waals surface area contributed by atoms with Gasteiger partial charge in [0.1, 0.15) is 5.69 Å². The zero-order chi connectivity index (χ0) is 21.8. The summed E-state index contributed by atoms with van der Waals surface area (Å²) in [7, 11) is 0. The summed E-state index contributed by atoms with van der Waals surface area (Å²) in [5.41, 5.74) is 4.67. The van der Waals surface area contributed by atoms with Crippen molar-refractivity contribution in [3.05, 3.63) is 121 Å². The molecule has 0 aliphatic carbocycles. The van der Waals surface area contributed by atoms with Crippen LogP contribution in [0.2, 0.25) is 0 Å². The summed E-state index contributed by atoms with van der Waals surface area (Å²) < 4.78 is 3.53. The zero-order valence-electron chi connectivity index (χ0n) is 17.3. The Hall–Kier alpha value is -4.45. The predicted molar refractivity (Wildman–Crippen MR) is 125 cm³/mol. The van der Waals surface area contributed by atoms with Crippen molar-refractivity contribution in [3.8, 4) is 16.9 Å². The Morgan fingerprint density at radius 1 is 0.812 bits per heavy atom. The molecular weight excluding hydrogens is 398 g/mol. The van der Waals surface area contributed by atoms with Gasteiger partial charge in [-0.25, -0.2) is 4.68 Å². The molecule has 0 radical (unpaired) electrons. The largest absolute Gasteiger partial charge is 0.319 e. The first kappa shape index (κ1) is 19.5. The predicted octanol–water partition coefficient (Wildman–Crippen LogP) is 5.04. The minimum absolute atomic E-state index is 0.231. The average Bonchev–Trinajstić information content (AvgIpc) is 3.48. The van der Waals surface area contributed by atoms with E-state index < -0.39 is 0 Å². The Morgan fingerprint density at radius 2 is 1.47 bits per heavy atom. The van der Waals surface area contributed by atoms with E-state index in [1.54, 1.807) is 21.8 Å². The molecule has 0 aliphatic rings. The third kappa shape index (κ3) is 4.20. The van der Waals surface area contributed by atoms with E-state index in [1.807, 2.05) is 97.2 Å². The fraction of sp³-hybridized carbons (Fsp3) is 0.0385. The first-order chi connectivity index (χ1) is 15.8. The van der Waals surface area contributed by atoms with Crippen molar-refractivity contribution in [1.82, 2.24) is 19.6 Å². The SMILES string of the molecule is O=C(Nc1cnn(Cc2ccccc2)c1)c1cn(-c2ccccc2)nc1-c1ccccc1. The van der Waals surface area contributed by atoms with E-state index >= 15 is 0 Å². The standard InChI is InChI=1S/C26H21N5O/c32-26(28-22-16-27-30(18-22)17-20-10-4-1-5-11-20)24-19-31(23-14-8-3-9-15-23)29-25(24)21-12-6-2-7-13-21/h1-16,18-19H,17H2,(H,28,32). The first-order valence-electron chi connectivity index (χ1n) is 10.3. The number of carbonyl (C=O) groups is 1. The van der Waals surface area contributed by atoms with Crippen molar-refractivity contribution < 1.29 is 4.79 Å². The number of nitrogens with zero attached hydrogens (tertiary/aromatic N) is 4. The van der Waals surface area contributed by atoms with Crippen molar-refractivity contribution in [3.63, 3.8) is 0 Å². The van der Waals surface area contributed by atoms with Crippen molar-refractivity contribution in [2.75, 3.05) is 5.32 Å². The number of carbonyl (C=O) groups excluding carboxylic acids is 1. The average molecular weight is 419 g/mol. The quantitative estimate of drug-likeness (QED) is 0.420. The van der Waals surface area contributed by atoms with Crippen molar-refractivity contribution in [1.29, 1.82) is 0 Å². The molecule has 1 amide bonds. The number of benzene rings is 3. The maximum Gasteiger partial charge on any atom is 0.259 e. The number of hydrogen-bond acceptors (Lipinski definition) is 3. The molecule has 5 aromatic rings. The Morgan fingerprint density at radius 3 is 2.19 bits per heavy atom. The van der Waals surface area contributed by atoms with Crippen LogP contribution in [0, 0.1) is 0 Å². The van der Waals surface area contributed by atoms with Crippen molar-refractivity contribution in [2.45, 2.75) is 6.54 Å². The number of para-hydroxylation sites is 1. The molecule has 0 spiro atoms. The lowest BCUT2D eigenvalue weighted by molar-refractivity contribution is 0.102. The number of aromatic nitrogens is 4. The van der Waals surface area contributed by atoms with Crippen molar-refractivity contribution in [2.24, 2.45) is 0 Å². The van der Waals surface area contributed by atoms with Gasteiger partial charge in [0.2, 0.25) is 0 Å². The number of amides is 1. The molecule has 6 heteroatoms. The molecule has 5 rings (SSSR count). The molecule has 3 aromatic carbocycles. The number of hydrogen-bond donors (Lipinski definition) is 1. The molecular formula is C26H21N5O. The van der Waals surface area contributed by atoms with Crippen LogP contribution in [0.1, 0.15) is 15.9 Å². The van der Waals surface area contributed by atoms with Gasteiger partial charge in [-0.15, -0.1) is 0 Å². The summed E-state index contributed by atoms with van der Waals surface area (Å²) in [6, 6.07) is 29.5. The monoisotopic (exact) mass is 419 g/mol. The molecule has 0 atom stereocenters. The van der Waals surface area contributed by atoms with Gasteiger partial charge in [-0.1, -0.05) is 78.9 Å². The highest BCUT2D eigenvalue weighted by Gasteiger charge is 2.19. The lowest BCUT2D eigenvalue weighted by Gasteiger charge is -2.03.